The van der Waals surface area contributed by atoms with Crippen molar-refractivity contribution in [2.24, 2.45) is 0 Å². The molecular formula is C13H18N2O. The molecule has 3 nitrogen and oxygen atoms in total. The van der Waals surface area contributed by atoms with Gasteiger partial charge in [-0.15, -0.1) is 0 Å². The first kappa shape index (κ1) is 12.5. The molecule has 3 heteroatoms. The number of benzene rings is 1. The summed E-state index contributed by atoms with van der Waals surface area (Å²) in [6.45, 7) is 4.82. The van der Waals surface area contributed by atoms with E-state index >= 15 is 0 Å². The van der Waals surface area contributed by atoms with Gasteiger partial charge in [0.1, 0.15) is 0 Å². The van der Waals surface area contributed by atoms with Gasteiger partial charge in [-0.3, -0.25) is 0 Å². The number of hydrogen-bond acceptors (Lipinski definition) is 3. The van der Waals surface area contributed by atoms with Crippen molar-refractivity contribution in [3.05, 3.63) is 29.3 Å². The van der Waals surface area contributed by atoms with E-state index in [4.69, 9.17) is 10.00 Å². The van der Waals surface area contributed by atoms with E-state index < -0.39 is 0 Å². The van der Waals surface area contributed by atoms with Crippen molar-refractivity contribution in [2.45, 2.75) is 19.9 Å². The Labute approximate surface area is 97.3 Å². The fourth-order valence-corrected chi connectivity index (χ4v) is 1.71. The zero-order chi connectivity index (χ0) is 12.1. The first-order valence-corrected chi connectivity index (χ1v) is 5.32. The maximum atomic E-state index is 8.80. The molecule has 0 heterocycles. The number of aryl methyl sites for hydroxylation is 1. The van der Waals surface area contributed by atoms with Gasteiger partial charge >= 0.3 is 0 Å². The fourth-order valence-electron chi connectivity index (χ4n) is 1.71. The first-order chi connectivity index (χ1) is 7.60. The van der Waals surface area contributed by atoms with Crippen molar-refractivity contribution in [3.8, 4) is 6.07 Å². The maximum absolute atomic E-state index is 8.80. The van der Waals surface area contributed by atoms with Crippen molar-refractivity contribution >= 4 is 5.69 Å². The number of rotatable bonds is 4. The standard InChI is InChI=1S/C13H18N2O/c1-10-7-12(8-14)5-6-13(10)15(3)11(2)9-16-4/h5-7,11H,9H2,1-4H3. The van der Waals surface area contributed by atoms with Crippen molar-refractivity contribution in [3.63, 3.8) is 0 Å². The smallest absolute Gasteiger partial charge is 0.0991 e. The highest BCUT2D eigenvalue weighted by atomic mass is 16.5. The normalized spacial score (nSPS) is 11.9. The van der Waals surface area contributed by atoms with Crippen LogP contribution in [0.1, 0.15) is 18.1 Å². The molecule has 1 aromatic carbocycles. The quantitative estimate of drug-likeness (QED) is 0.778. The van der Waals surface area contributed by atoms with Crippen molar-refractivity contribution < 1.29 is 4.74 Å². The summed E-state index contributed by atoms with van der Waals surface area (Å²) in [5, 5.41) is 8.80. The van der Waals surface area contributed by atoms with Crippen LogP contribution in [0.25, 0.3) is 0 Å². The number of anilines is 1. The minimum absolute atomic E-state index is 0.316. The van der Waals surface area contributed by atoms with E-state index in [2.05, 4.69) is 17.9 Å². The molecular weight excluding hydrogens is 200 g/mol. The predicted molar refractivity (Wildman–Crippen MR) is 65.6 cm³/mol. The van der Waals surface area contributed by atoms with E-state index in [1.807, 2.05) is 32.2 Å². The first-order valence-electron chi connectivity index (χ1n) is 5.32. The Balaban J connectivity index is 2.92. The molecule has 0 bridgehead atoms. The third kappa shape index (κ3) is 2.74. The minimum atomic E-state index is 0.316. The van der Waals surface area contributed by atoms with Crippen molar-refractivity contribution in [1.82, 2.24) is 0 Å². The van der Waals surface area contributed by atoms with Crippen LogP contribution in [-0.4, -0.2) is 26.8 Å². The second-order valence-corrected chi connectivity index (χ2v) is 4.03. The molecule has 0 saturated heterocycles. The van der Waals surface area contributed by atoms with Crippen molar-refractivity contribution in [2.75, 3.05) is 25.7 Å². The molecule has 0 aliphatic carbocycles. The van der Waals surface area contributed by atoms with Gasteiger partial charge < -0.3 is 9.64 Å². The molecule has 0 fully saturated rings. The van der Waals surface area contributed by atoms with Crippen LogP contribution >= 0.6 is 0 Å². The van der Waals surface area contributed by atoms with Gasteiger partial charge in [0.2, 0.25) is 0 Å². The summed E-state index contributed by atoms with van der Waals surface area (Å²) in [5.74, 6) is 0. The predicted octanol–water partition coefficient (Wildman–Crippen LogP) is 2.34. The summed E-state index contributed by atoms with van der Waals surface area (Å²) in [6.07, 6.45) is 0. The third-order valence-corrected chi connectivity index (χ3v) is 2.77. The third-order valence-electron chi connectivity index (χ3n) is 2.77. The minimum Gasteiger partial charge on any atom is -0.383 e. The van der Waals surface area contributed by atoms with E-state index in [1.165, 1.54) is 0 Å². The summed E-state index contributed by atoms with van der Waals surface area (Å²) in [5.41, 5.74) is 2.96. The van der Waals surface area contributed by atoms with Gasteiger partial charge in [-0.25, -0.2) is 0 Å². The molecule has 0 aliphatic heterocycles. The largest absolute Gasteiger partial charge is 0.383 e. The van der Waals surface area contributed by atoms with Crippen LogP contribution < -0.4 is 4.90 Å². The average molecular weight is 218 g/mol. The summed E-state index contributed by atoms with van der Waals surface area (Å²) in [4.78, 5) is 2.17. The average Bonchev–Trinajstić information content (AvgIpc) is 2.28. The highest BCUT2D eigenvalue weighted by molar-refractivity contribution is 5.56. The Hall–Kier alpha value is -1.53. The van der Waals surface area contributed by atoms with Crippen LogP contribution in [0.4, 0.5) is 5.69 Å². The number of hydrogen-bond donors (Lipinski definition) is 0. The highest BCUT2D eigenvalue weighted by Gasteiger charge is 2.11. The zero-order valence-corrected chi connectivity index (χ0v) is 10.3. The lowest BCUT2D eigenvalue weighted by Gasteiger charge is -2.28. The molecule has 0 aliphatic rings. The molecule has 1 atom stereocenters. The lowest BCUT2D eigenvalue weighted by atomic mass is 10.1. The SMILES string of the molecule is COCC(C)N(C)c1ccc(C#N)cc1C. The van der Waals surface area contributed by atoms with E-state index in [0.29, 0.717) is 18.2 Å². The monoisotopic (exact) mass is 218 g/mol. The zero-order valence-electron chi connectivity index (χ0n) is 10.3. The van der Waals surface area contributed by atoms with Gasteiger partial charge in [-0.2, -0.15) is 5.26 Å². The molecule has 1 aromatic rings. The van der Waals surface area contributed by atoms with Gasteiger partial charge in [-0.05, 0) is 37.6 Å². The van der Waals surface area contributed by atoms with Crippen LogP contribution in [0.3, 0.4) is 0 Å². The summed E-state index contributed by atoms with van der Waals surface area (Å²) >= 11 is 0. The van der Waals surface area contributed by atoms with Gasteiger partial charge in [0.25, 0.3) is 0 Å². The van der Waals surface area contributed by atoms with E-state index in [9.17, 15) is 0 Å². The lowest BCUT2D eigenvalue weighted by molar-refractivity contribution is 0.183. The Morgan fingerprint density at radius 1 is 1.50 bits per heavy atom. The van der Waals surface area contributed by atoms with Gasteiger partial charge in [-0.1, -0.05) is 0 Å². The number of nitrogens with zero attached hydrogens (tertiary/aromatic N) is 2. The van der Waals surface area contributed by atoms with Crippen LogP contribution in [0.2, 0.25) is 0 Å². The van der Waals surface area contributed by atoms with Gasteiger partial charge in [0.05, 0.1) is 18.2 Å². The number of methoxy groups -OCH3 is 1. The van der Waals surface area contributed by atoms with Gasteiger partial charge in [0, 0.05) is 25.9 Å². The topological polar surface area (TPSA) is 36.3 Å². The molecule has 0 radical (unpaired) electrons. The van der Waals surface area contributed by atoms with E-state index in [1.54, 1.807) is 7.11 Å². The molecule has 1 rings (SSSR count). The van der Waals surface area contributed by atoms with E-state index in [0.717, 1.165) is 11.3 Å². The lowest BCUT2D eigenvalue weighted by Crippen LogP contribution is -2.33. The highest BCUT2D eigenvalue weighted by Crippen LogP contribution is 2.21. The Bertz CT molecular complexity index is 395. The molecule has 0 N–H and O–H groups in total. The second-order valence-electron chi connectivity index (χ2n) is 4.03. The second kappa shape index (κ2) is 5.53. The Morgan fingerprint density at radius 2 is 2.19 bits per heavy atom. The van der Waals surface area contributed by atoms with Crippen LogP contribution in [-0.2, 0) is 4.74 Å². The molecule has 0 aromatic heterocycles. The molecule has 86 valence electrons. The molecule has 0 saturated carbocycles. The number of nitriles is 1. The molecule has 16 heavy (non-hydrogen) atoms. The molecule has 0 amide bonds. The fraction of sp³-hybridized carbons (Fsp3) is 0.462. The van der Waals surface area contributed by atoms with Crippen LogP contribution in [0.15, 0.2) is 18.2 Å². The number of likely N-dealkylation sites (N-methyl/N-ethyl adjacent to an activating group) is 1. The maximum Gasteiger partial charge on any atom is 0.0991 e. The van der Waals surface area contributed by atoms with Crippen molar-refractivity contribution in [1.29, 1.82) is 5.26 Å². The van der Waals surface area contributed by atoms with Crippen LogP contribution in [0.5, 0.6) is 0 Å². The molecule has 0 spiro atoms. The van der Waals surface area contributed by atoms with Gasteiger partial charge in [0.15, 0.2) is 0 Å². The Kier molecular flexibility index (Phi) is 4.33. The number of ether oxygens (including phenoxy) is 1. The molecule has 1 unspecified atom stereocenters. The van der Waals surface area contributed by atoms with Crippen LogP contribution in [0, 0.1) is 18.3 Å². The summed E-state index contributed by atoms with van der Waals surface area (Å²) in [6, 6.07) is 8.20. The Morgan fingerprint density at radius 3 is 2.69 bits per heavy atom. The van der Waals surface area contributed by atoms with E-state index in [-0.39, 0.29) is 0 Å². The summed E-state index contributed by atoms with van der Waals surface area (Å²) in [7, 11) is 3.74. The summed E-state index contributed by atoms with van der Waals surface area (Å²) < 4.78 is 5.14.